The van der Waals surface area contributed by atoms with Gasteiger partial charge in [0.05, 0.1) is 0 Å². The summed E-state index contributed by atoms with van der Waals surface area (Å²) in [4.78, 5) is 4.27. The van der Waals surface area contributed by atoms with Gasteiger partial charge in [-0.1, -0.05) is 36.4 Å². The molecule has 0 spiro atoms. The zero-order chi connectivity index (χ0) is 14.1. The molecule has 20 heavy (non-hydrogen) atoms. The van der Waals surface area contributed by atoms with Crippen molar-refractivity contribution in [2.45, 2.75) is 25.1 Å². The SMILES string of the molecule is C[C@@H]1C=C(c2ccccc2F)C[C@@H]1c1noc(CCl)n1. The standard InChI is InChI=1S/C15H14ClFN2O/c1-9-6-10(11-4-2-3-5-13(11)17)7-12(9)15-18-14(8-16)20-19-15/h2-6,9,12H,7-8H2,1H3/t9-,12+/m1/s1. The van der Waals surface area contributed by atoms with Gasteiger partial charge in [-0.3, -0.25) is 0 Å². The van der Waals surface area contributed by atoms with E-state index in [0.29, 0.717) is 23.7 Å². The molecule has 0 N–H and O–H groups in total. The summed E-state index contributed by atoms with van der Waals surface area (Å²) in [6.45, 7) is 2.08. The van der Waals surface area contributed by atoms with E-state index in [9.17, 15) is 4.39 Å². The summed E-state index contributed by atoms with van der Waals surface area (Å²) in [5.41, 5.74) is 1.65. The minimum Gasteiger partial charge on any atom is -0.338 e. The third kappa shape index (κ3) is 2.36. The lowest BCUT2D eigenvalue weighted by atomic mass is 9.95. The molecule has 1 aromatic heterocycles. The van der Waals surface area contributed by atoms with Gasteiger partial charge in [0, 0.05) is 11.5 Å². The average Bonchev–Trinajstić information content (AvgIpc) is 3.05. The molecule has 0 bridgehead atoms. The van der Waals surface area contributed by atoms with E-state index in [4.69, 9.17) is 16.1 Å². The molecule has 1 aliphatic carbocycles. The molecule has 0 saturated carbocycles. The molecule has 0 unspecified atom stereocenters. The fourth-order valence-electron chi connectivity index (χ4n) is 2.65. The Morgan fingerprint density at radius 2 is 2.20 bits per heavy atom. The fourth-order valence-corrected chi connectivity index (χ4v) is 2.75. The van der Waals surface area contributed by atoms with Gasteiger partial charge in [-0.2, -0.15) is 4.98 Å². The molecule has 5 heteroatoms. The van der Waals surface area contributed by atoms with Gasteiger partial charge in [0.1, 0.15) is 11.7 Å². The van der Waals surface area contributed by atoms with Gasteiger partial charge in [-0.25, -0.2) is 4.39 Å². The van der Waals surface area contributed by atoms with Crippen molar-refractivity contribution in [3.05, 3.63) is 53.4 Å². The number of allylic oxidation sites excluding steroid dienone is 2. The van der Waals surface area contributed by atoms with Crippen LogP contribution >= 0.6 is 11.6 Å². The molecule has 0 saturated heterocycles. The Morgan fingerprint density at radius 3 is 2.90 bits per heavy atom. The van der Waals surface area contributed by atoms with Crippen LogP contribution in [0.5, 0.6) is 0 Å². The van der Waals surface area contributed by atoms with E-state index in [1.54, 1.807) is 12.1 Å². The lowest BCUT2D eigenvalue weighted by Gasteiger charge is -2.10. The highest BCUT2D eigenvalue weighted by Gasteiger charge is 2.30. The Hall–Kier alpha value is -1.68. The van der Waals surface area contributed by atoms with Crippen molar-refractivity contribution in [1.29, 1.82) is 0 Å². The normalized spacial score (nSPS) is 22.1. The van der Waals surface area contributed by atoms with Gasteiger partial charge in [0.15, 0.2) is 5.82 Å². The Bertz CT molecular complexity index is 653. The van der Waals surface area contributed by atoms with Crippen molar-refractivity contribution in [2.24, 2.45) is 5.92 Å². The van der Waals surface area contributed by atoms with Gasteiger partial charge in [-0.05, 0) is 24.0 Å². The number of alkyl halides is 1. The Balaban J connectivity index is 1.85. The predicted molar refractivity (Wildman–Crippen MR) is 74.8 cm³/mol. The summed E-state index contributed by atoms with van der Waals surface area (Å²) in [7, 11) is 0. The number of rotatable bonds is 3. The van der Waals surface area contributed by atoms with Crippen molar-refractivity contribution in [3.63, 3.8) is 0 Å². The highest BCUT2D eigenvalue weighted by atomic mass is 35.5. The van der Waals surface area contributed by atoms with Crippen molar-refractivity contribution < 1.29 is 8.91 Å². The van der Waals surface area contributed by atoms with Crippen LogP contribution in [0.2, 0.25) is 0 Å². The minimum atomic E-state index is -0.193. The first kappa shape index (κ1) is 13.3. The first-order valence-corrected chi connectivity index (χ1v) is 7.06. The average molecular weight is 293 g/mol. The van der Waals surface area contributed by atoms with E-state index in [1.165, 1.54) is 6.07 Å². The van der Waals surface area contributed by atoms with E-state index >= 15 is 0 Å². The van der Waals surface area contributed by atoms with Crippen LogP contribution in [0.25, 0.3) is 5.57 Å². The molecule has 1 aliphatic rings. The number of hydrogen-bond acceptors (Lipinski definition) is 3. The summed E-state index contributed by atoms with van der Waals surface area (Å²) in [5.74, 6) is 1.45. The molecular weight excluding hydrogens is 279 g/mol. The molecule has 2 atom stereocenters. The zero-order valence-corrected chi connectivity index (χ0v) is 11.8. The molecule has 3 rings (SSSR count). The van der Waals surface area contributed by atoms with Crippen LogP contribution in [0.1, 0.15) is 36.5 Å². The van der Waals surface area contributed by atoms with Crippen molar-refractivity contribution in [2.75, 3.05) is 0 Å². The molecule has 1 aromatic carbocycles. The zero-order valence-electron chi connectivity index (χ0n) is 11.0. The third-order valence-corrected chi connectivity index (χ3v) is 3.92. The molecule has 1 heterocycles. The Labute approximate surface area is 121 Å². The summed E-state index contributed by atoms with van der Waals surface area (Å²) in [6.07, 6.45) is 2.79. The fraction of sp³-hybridized carbons (Fsp3) is 0.333. The van der Waals surface area contributed by atoms with Crippen molar-refractivity contribution >= 4 is 17.2 Å². The number of nitrogens with zero attached hydrogens (tertiary/aromatic N) is 2. The van der Waals surface area contributed by atoms with Crippen LogP contribution in [0.4, 0.5) is 4.39 Å². The van der Waals surface area contributed by atoms with Crippen LogP contribution in [0.15, 0.2) is 34.9 Å². The molecule has 0 radical (unpaired) electrons. The Kier molecular flexibility index (Phi) is 3.57. The van der Waals surface area contributed by atoms with Crippen molar-refractivity contribution in [1.82, 2.24) is 10.1 Å². The second-order valence-corrected chi connectivity index (χ2v) is 5.29. The quantitative estimate of drug-likeness (QED) is 0.798. The number of aromatic nitrogens is 2. The number of halogens is 2. The molecule has 0 aliphatic heterocycles. The summed E-state index contributed by atoms with van der Waals surface area (Å²) in [5, 5.41) is 3.97. The maximum Gasteiger partial charge on any atom is 0.241 e. The van der Waals surface area contributed by atoms with E-state index < -0.39 is 0 Å². The first-order chi connectivity index (χ1) is 9.69. The number of benzene rings is 1. The molecule has 2 aromatic rings. The Morgan fingerprint density at radius 1 is 1.40 bits per heavy atom. The highest BCUT2D eigenvalue weighted by molar-refractivity contribution is 6.16. The molecule has 0 amide bonds. The lowest BCUT2D eigenvalue weighted by Crippen LogP contribution is -2.04. The predicted octanol–water partition coefficient (Wildman–Crippen LogP) is 4.15. The van der Waals surface area contributed by atoms with Gasteiger partial charge >= 0.3 is 0 Å². The second kappa shape index (κ2) is 5.37. The summed E-state index contributed by atoms with van der Waals surface area (Å²) in [6, 6.07) is 6.82. The van der Waals surface area contributed by atoms with Crippen LogP contribution < -0.4 is 0 Å². The summed E-state index contributed by atoms with van der Waals surface area (Å²) < 4.78 is 18.9. The van der Waals surface area contributed by atoms with Crippen LogP contribution in [0.3, 0.4) is 0 Å². The highest BCUT2D eigenvalue weighted by Crippen LogP contribution is 2.41. The molecule has 104 valence electrons. The summed E-state index contributed by atoms with van der Waals surface area (Å²) >= 11 is 5.67. The molecular formula is C15H14ClFN2O. The van der Waals surface area contributed by atoms with Crippen LogP contribution in [-0.4, -0.2) is 10.1 Å². The van der Waals surface area contributed by atoms with Gasteiger partial charge in [0.25, 0.3) is 0 Å². The molecule has 0 fully saturated rings. The van der Waals surface area contributed by atoms with Crippen LogP contribution in [0, 0.1) is 11.7 Å². The van der Waals surface area contributed by atoms with E-state index in [1.807, 2.05) is 6.07 Å². The largest absolute Gasteiger partial charge is 0.338 e. The van der Waals surface area contributed by atoms with E-state index in [2.05, 4.69) is 23.1 Å². The van der Waals surface area contributed by atoms with Gasteiger partial charge < -0.3 is 4.52 Å². The van der Waals surface area contributed by atoms with E-state index in [-0.39, 0.29) is 23.5 Å². The third-order valence-electron chi connectivity index (χ3n) is 3.69. The maximum atomic E-state index is 13.8. The van der Waals surface area contributed by atoms with Gasteiger partial charge in [-0.15, -0.1) is 11.6 Å². The van der Waals surface area contributed by atoms with Gasteiger partial charge in [0.2, 0.25) is 5.89 Å². The maximum absolute atomic E-state index is 13.8. The van der Waals surface area contributed by atoms with E-state index in [0.717, 1.165) is 5.57 Å². The van der Waals surface area contributed by atoms with Crippen molar-refractivity contribution in [3.8, 4) is 0 Å². The monoisotopic (exact) mass is 292 g/mol. The number of hydrogen-bond donors (Lipinski definition) is 0. The molecule has 3 nitrogen and oxygen atoms in total. The second-order valence-electron chi connectivity index (χ2n) is 5.02. The minimum absolute atomic E-state index is 0.116. The lowest BCUT2D eigenvalue weighted by molar-refractivity contribution is 0.376. The first-order valence-electron chi connectivity index (χ1n) is 6.53. The topological polar surface area (TPSA) is 38.9 Å². The smallest absolute Gasteiger partial charge is 0.241 e. The van der Waals surface area contributed by atoms with Crippen LogP contribution in [-0.2, 0) is 5.88 Å².